The molecule has 54 heavy (non-hydrogen) atoms. The summed E-state index contributed by atoms with van der Waals surface area (Å²) < 4.78 is 0. The second kappa shape index (κ2) is 13.3. The summed E-state index contributed by atoms with van der Waals surface area (Å²) in [6, 6.07) is 53.2. The predicted octanol–water partition coefficient (Wildman–Crippen LogP) is 12.6. The minimum Gasteiger partial charge on any atom is -0.208 e. The first-order chi connectivity index (χ1) is 26.5. The molecule has 3 aliphatic rings. The van der Waals surface area contributed by atoms with Gasteiger partial charge in [0, 0.05) is 22.1 Å². The van der Waals surface area contributed by atoms with Gasteiger partial charge in [-0.2, -0.15) is 0 Å². The Morgan fingerprint density at radius 2 is 0.926 bits per heavy atom. The van der Waals surface area contributed by atoms with Crippen LogP contribution < -0.4 is 0 Å². The van der Waals surface area contributed by atoms with E-state index in [9.17, 15) is 0 Å². The summed E-state index contributed by atoms with van der Waals surface area (Å²) >= 11 is 0. The third kappa shape index (κ3) is 5.14. The van der Waals surface area contributed by atoms with Crippen molar-refractivity contribution in [2.24, 2.45) is 0 Å². The zero-order chi connectivity index (χ0) is 36.9. The van der Waals surface area contributed by atoms with Crippen molar-refractivity contribution in [2.75, 3.05) is 0 Å². The Kier molecular flexibility index (Phi) is 8.31. The summed E-state index contributed by atoms with van der Waals surface area (Å²) in [7, 11) is 0. The van der Waals surface area contributed by atoms with Crippen molar-refractivity contribution in [1.29, 1.82) is 0 Å². The number of aromatic nitrogens is 3. The van der Waals surface area contributed by atoms with E-state index in [4.69, 9.17) is 15.0 Å². The predicted molar refractivity (Wildman–Crippen MR) is 223 cm³/mol. The fourth-order valence-electron chi connectivity index (χ4n) is 8.98. The monoisotopic (exact) mass is 697 g/mol. The first kappa shape index (κ1) is 33.6. The molecule has 0 aliphatic heterocycles. The Hall–Kier alpha value is -6.19. The molecule has 0 saturated heterocycles. The molecule has 0 atom stereocenters. The number of benzene rings is 6. The molecule has 0 radical (unpaired) electrons. The van der Waals surface area contributed by atoms with Crippen LogP contribution in [0.15, 0.2) is 164 Å². The number of allylic oxidation sites excluding steroid dienone is 4. The summed E-state index contributed by atoms with van der Waals surface area (Å²) in [6.45, 7) is 8.76. The molecule has 0 unspecified atom stereocenters. The summed E-state index contributed by atoms with van der Waals surface area (Å²) in [5.41, 5.74) is 15.6. The molecule has 1 spiro atoms. The highest BCUT2D eigenvalue weighted by atomic mass is 15.0. The second-order valence-electron chi connectivity index (χ2n) is 14.7. The largest absolute Gasteiger partial charge is 0.208 e. The van der Waals surface area contributed by atoms with Gasteiger partial charge in [0.1, 0.15) is 0 Å². The maximum atomic E-state index is 5.00. The number of nitrogens with zero attached hydrogens (tertiary/aromatic N) is 3. The van der Waals surface area contributed by atoms with Crippen LogP contribution in [-0.2, 0) is 10.8 Å². The van der Waals surface area contributed by atoms with E-state index < -0.39 is 5.41 Å². The van der Waals surface area contributed by atoms with Crippen molar-refractivity contribution in [3.8, 4) is 45.0 Å². The molecule has 0 saturated carbocycles. The van der Waals surface area contributed by atoms with E-state index in [1.165, 1.54) is 50.1 Å². The van der Waals surface area contributed by atoms with Crippen LogP contribution >= 0.6 is 0 Å². The lowest BCUT2D eigenvalue weighted by molar-refractivity contribution is 0.563. The van der Waals surface area contributed by atoms with Crippen molar-refractivity contribution in [2.45, 2.75) is 51.4 Å². The van der Waals surface area contributed by atoms with Gasteiger partial charge in [-0.15, -0.1) is 0 Å². The zero-order valence-electron chi connectivity index (χ0n) is 31.3. The molecule has 262 valence electrons. The van der Waals surface area contributed by atoms with E-state index >= 15 is 0 Å². The zero-order valence-corrected chi connectivity index (χ0v) is 31.3. The van der Waals surface area contributed by atoms with Gasteiger partial charge in [0.15, 0.2) is 17.5 Å². The lowest BCUT2D eigenvalue weighted by Crippen LogP contribution is -2.40. The van der Waals surface area contributed by atoms with E-state index in [0.29, 0.717) is 17.5 Å². The maximum Gasteiger partial charge on any atom is 0.164 e. The molecule has 7 aromatic rings. The van der Waals surface area contributed by atoms with Gasteiger partial charge in [0.2, 0.25) is 0 Å². The first-order valence-electron chi connectivity index (χ1n) is 19.3. The molecule has 6 aromatic carbocycles. The maximum absolute atomic E-state index is 5.00. The Morgan fingerprint density at radius 1 is 0.426 bits per heavy atom. The Bertz CT molecular complexity index is 2550. The summed E-state index contributed by atoms with van der Waals surface area (Å²) in [5, 5.41) is 0. The molecule has 0 amide bonds. The molecule has 0 bridgehead atoms. The molecule has 3 aliphatic carbocycles. The lowest BCUT2D eigenvalue weighted by Gasteiger charge is -2.46. The second-order valence-corrected chi connectivity index (χ2v) is 14.7. The molecular formula is C51H43N3. The van der Waals surface area contributed by atoms with Crippen molar-refractivity contribution in [3.63, 3.8) is 0 Å². The van der Waals surface area contributed by atoms with Crippen LogP contribution in [0, 0.1) is 0 Å². The van der Waals surface area contributed by atoms with Gasteiger partial charge in [-0.05, 0) is 74.5 Å². The molecule has 3 nitrogen and oxygen atoms in total. The number of fused-ring (bicyclic) bond motifs is 9. The van der Waals surface area contributed by atoms with Crippen LogP contribution in [0.25, 0.3) is 50.6 Å². The van der Waals surface area contributed by atoms with E-state index in [2.05, 4.69) is 159 Å². The smallest absolute Gasteiger partial charge is 0.164 e. The van der Waals surface area contributed by atoms with E-state index in [1.807, 2.05) is 32.0 Å². The molecule has 0 N–H and O–H groups in total. The first-order valence-corrected chi connectivity index (χ1v) is 19.3. The van der Waals surface area contributed by atoms with Crippen molar-refractivity contribution in [1.82, 2.24) is 15.0 Å². The number of hydrogen-bond donors (Lipinski definition) is 0. The summed E-state index contributed by atoms with van der Waals surface area (Å²) in [4.78, 5) is 14.9. The minimum absolute atomic E-state index is 0.165. The average Bonchev–Trinajstić information content (AvgIpc) is 3.55. The molecule has 1 heterocycles. The SMILES string of the molecule is CC.CC1(C)c2ccccc2C2(c3ccccc3-c3ccccc32)c2cc(-c3ccc(-c4nc(C5=CCCC=C5)nc(-c5ccccc5)n4)cc3)ccc21. The highest BCUT2D eigenvalue weighted by Crippen LogP contribution is 2.62. The lowest BCUT2D eigenvalue weighted by atomic mass is 9.55. The van der Waals surface area contributed by atoms with Gasteiger partial charge < -0.3 is 0 Å². The highest BCUT2D eigenvalue weighted by molar-refractivity contribution is 5.89. The molecular weight excluding hydrogens is 655 g/mol. The summed E-state index contributed by atoms with van der Waals surface area (Å²) in [5.74, 6) is 2.07. The fraction of sp³-hybridized carbons (Fsp3) is 0.157. The van der Waals surface area contributed by atoms with Gasteiger partial charge >= 0.3 is 0 Å². The van der Waals surface area contributed by atoms with Crippen LogP contribution in [0.2, 0.25) is 0 Å². The fourth-order valence-corrected chi connectivity index (χ4v) is 8.98. The normalized spacial score (nSPS) is 15.2. The van der Waals surface area contributed by atoms with Crippen LogP contribution in [-0.4, -0.2) is 15.0 Å². The summed E-state index contributed by atoms with van der Waals surface area (Å²) in [6.07, 6.45) is 8.58. The Balaban J connectivity index is 0.00000189. The van der Waals surface area contributed by atoms with Gasteiger partial charge in [0.25, 0.3) is 0 Å². The average molecular weight is 698 g/mol. The van der Waals surface area contributed by atoms with Crippen LogP contribution in [0.4, 0.5) is 0 Å². The number of hydrogen-bond acceptors (Lipinski definition) is 3. The number of rotatable bonds is 4. The molecule has 3 heteroatoms. The molecule has 10 rings (SSSR count). The van der Waals surface area contributed by atoms with Crippen molar-refractivity contribution in [3.05, 3.63) is 203 Å². The van der Waals surface area contributed by atoms with Crippen LogP contribution in [0.3, 0.4) is 0 Å². The standard InChI is InChI=1S/C49H37N3.C2H6/c1-48(2)41-23-13-14-24-43(41)49(39-21-11-9-19-37(39)38-20-10-12-22-40(38)49)44-31-36(29-30-42(44)48)32-25-27-35(28-26-32)47-51-45(33-15-5-3-6-16-33)50-46(52-47)34-17-7-4-8-18-34;1-2/h3,5-7,9-31H,4,8H2,1-2H3;1-2H3. The topological polar surface area (TPSA) is 38.7 Å². The van der Waals surface area contributed by atoms with Gasteiger partial charge in [-0.25, -0.2) is 15.0 Å². The van der Waals surface area contributed by atoms with E-state index in [0.717, 1.165) is 35.1 Å². The molecule has 1 aromatic heterocycles. The quantitative estimate of drug-likeness (QED) is 0.184. The van der Waals surface area contributed by atoms with Crippen molar-refractivity contribution >= 4 is 5.57 Å². The third-order valence-electron chi connectivity index (χ3n) is 11.5. The Morgan fingerprint density at radius 3 is 1.56 bits per heavy atom. The van der Waals surface area contributed by atoms with Gasteiger partial charge in [-0.3, -0.25) is 0 Å². The van der Waals surface area contributed by atoms with E-state index in [-0.39, 0.29) is 5.41 Å². The molecule has 0 fully saturated rings. The van der Waals surface area contributed by atoms with Crippen LogP contribution in [0.1, 0.15) is 79.7 Å². The Labute approximate surface area is 318 Å². The van der Waals surface area contributed by atoms with E-state index in [1.54, 1.807) is 0 Å². The highest BCUT2D eigenvalue weighted by Gasteiger charge is 2.53. The van der Waals surface area contributed by atoms with Gasteiger partial charge in [0.05, 0.1) is 5.41 Å². The van der Waals surface area contributed by atoms with Crippen LogP contribution in [0.5, 0.6) is 0 Å². The third-order valence-corrected chi connectivity index (χ3v) is 11.5. The van der Waals surface area contributed by atoms with Crippen molar-refractivity contribution < 1.29 is 0 Å². The minimum atomic E-state index is -0.415. The van der Waals surface area contributed by atoms with Gasteiger partial charge in [-0.1, -0.05) is 185 Å².